The van der Waals surface area contributed by atoms with E-state index in [1.54, 1.807) is 0 Å². The lowest BCUT2D eigenvalue weighted by Gasteiger charge is -2.13. The van der Waals surface area contributed by atoms with Crippen molar-refractivity contribution in [3.05, 3.63) is 30.5 Å². The number of hydrogen-bond donors (Lipinski definition) is 3. The van der Waals surface area contributed by atoms with Crippen LogP contribution in [0.4, 0.5) is 5.69 Å². The van der Waals surface area contributed by atoms with Crippen molar-refractivity contribution in [3.8, 4) is 0 Å². The Balaban J connectivity index is 0.00000100. The van der Waals surface area contributed by atoms with Gasteiger partial charge in [0.05, 0.1) is 11.2 Å². The van der Waals surface area contributed by atoms with Gasteiger partial charge in [-0.05, 0) is 31.2 Å². The average Bonchev–Trinajstić information content (AvgIpc) is 3.26. The van der Waals surface area contributed by atoms with E-state index < -0.39 is 0 Å². The Morgan fingerprint density at radius 2 is 2.21 bits per heavy atom. The third-order valence-corrected chi connectivity index (χ3v) is 4.04. The molecule has 6 nitrogen and oxygen atoms in total. The highest BCUT2D eigenvalue weighted by atomic mass is 16.1. The Morgan fingerprint density at radius 1 is 1.38 bits per heavy atom. The van der Waals surface area contributed by atoms with Crippen molar-refractivity contribution < 1.29 is 9.59 Å². The third kappa shape index (κ3) is 4.14. The molecule has 1 aromatic carbocycles. The Kier molecular flexibility index (Phi) is 6.81. The number of anilines is 1. The van der Waals surface area contributed by atoms with Crippen LogP contribution < -0.4 is 16.0 Å². The molecule has 1 aliphatic heterocycles. The molecule has 2 aromatic rings. The predicted molar refractivity (Wildman–Crippen MR) is 97.1 cm³/mol. The second-order valence-electron chi connectivity index (χ2n) is 5.48. The number of rotatable bonds is 6. The predicted octanol–water partition coefficient (Wildman–Crippen LogP) is 2.28. The minimum absolute atomic E-state index is 0.0999. The Labute approximate surface area is 142 Å². The summed E-state index contributed by atoms with van der Waals surface area (Å²) in [5, 5.41) is 9.84. The fourth-order valence-electron chi connectivity index (χ4n) is 2.95. The summed E-state index contributed by atoms with van der Waals surface area (Å²) in [5.74, 6) is -0.0999. The van der Waals surface area contributed by atoms with Crippen LogP contribution in [0.3, 0.4) is 0 Å². The molecular formula is C18H26N4O2. The molecule has 0 spiro atoms. The van der Waals surface area contributed by atoms with Crippen LogP contribution in [0.5, 0.6) is 0 Å². The fourth-order valence-corrected chi connectivity index (χ4v) is 2.95. The first-order valence-corrected chi connectivity index (χ1v) is 8.57. The number of carbonyl (C=O) groups is 2. The summed E-state index contributed by atoms with van der Waals surface area (Å²) in [7, 11) is 0. The molecule has 1 saturated heterocycles. The molecule has 3 N–H and O–H groups in total. The summed E-state index contributed by atoms with van der Waals surface area (Å²) >= 11 is 0. The molecular weight excluding hydrogens is 304 g/mol. The van der Waals surface area contributed by atoms with Crippen LogP contribution in [0.25, 0.3) is 10.9 Å². The van der Waals surface area contributed by atoms with Crippen LogP contribution in [0.1, 0.15) is 32.7 Å². The van der Waals surface area contributed by atoms with Crippen molar-refractivity contribution in [2.24, 2.45) is 0 Å². The summed E-state index contributed by atoms with van der Waals surface area (Å²) in [6.45, 7) is 6.38. The van der Waals surface area contributed by atoms with Crippen molar-refractivity contribution >= 4 is 28.9 Å². The maximum absolute atomic E-state index is 11.9. The van der Waals surface area contributed by atoms with Gasteiger partial charge in [0, 0.05) is 37.1 Å². The molecule has 2 amide bonds. The van der Waals surface area contributed by atoms with E-state index in [0.717, 1.165) is 36.1 Å². The average molecular weight is 330 g/mol. The smallest absolute Gasteiger partial charge is 0.226 e. The molecule has 1 aromatic heterocycles. The number of hydrogen-bond acceptors (Lipinski definition) is 3. The van der Waals surface area contributed by atoms with Crippen LogP contribution in [0, 0.1) is 0 Å². The van der Waals surface area contributed by atoms with Gasteiger partial charge in [-0.25, -0.2) is 0 Å². The Hall–Kier alpha value is -2.34. The van der Waals surface area contributed by atoms with E-state index in [4.69, 9.17) is 0 Å². The molecule has 24 heavy (non-hydrogen) atoms. The van der Waals surface area contributed by atoms with E-state index in [2.05, 4.69) is 32.8 Å². The number of carbonyl (C=O) groups excluding carboxylic acids is 2. The van der Waals surface area contributed by atoms with Crippen LogP contribution in [0.2, 0.25) is 0 Å². The SMILES string of the molecule is CC.O=CNCCC(=O)Nc1cccc2c1ccn2C1CCNC1. The number of benzene rings is 1. The van der Waals surface area contributed by atoms with Crippen molar-refractivity contribution in [1.29, 1.82) is 0 Å². The van der Waals surface area contributed by atoms with Gasteiger partial charge in [0.1, 0.15) is 0 Å². The van der Waals surface area contributed by atoms with Gasteiger partial charge in [-0.3, -0.25) is 9.59 Å². The molecule has 3 rings (SSSR count). The molecule has 0 radical (unpaired) electrons. The van der Waals surface area contributed by atoms with Gasteiger partial charge in [0.2, 0.25) is 12.3 Å². The minimum Gasteiger partial charge on any atom is -0.358 e. The number of nitrogens with zero attached hydrogens (tertiary/aromatic N) is 1. The monoisotopic (exact) mass is 330 g/mol. The van der Waals surface area contributed by atoms with Crippen molar-refractivity contribution in [2.45, 2.75) is 32.7 Å². The van der Waals surface area contributed by atoms with Crippen molar-refractivity contribution in [2.75, 3.05) is 25.0 Å². The van der Waals surface area contributed by atoms with E-state index in [0.29, 0.717) is 19.0 Å². The lowest BCUT2D eigenvalue weighted by atomic mass is 10.2. The number of fused-ring (bicyclic) bond motifs is 1. The van der Waals surface area contributed by atoms with Crippen LogP contribution in [-0.4, -0.2) is 36.5 Å². The van der Waals surface area contributed by atoms with E-state index in [9.17, 15) is 9.59 Å². The van der Waals surface area contributed by atoms with Gasteiger partial charge in [-0.2, -0.15) is 0 Å². The van der Waals surface area contributed by atoms with E-state index in [-0.39, 0.29) is 12.3 Å². The molecule has 2 heterocycles. The molecule has 0 saturated carbocycles. The fraction of sp³-hybridized carbons (Fsp3) is 0.444. The molecule has 0 bridgehead atoms. The standard InChI is InChI=1S/C16H20N4O2.C2H6/c21-11-18-8-5-16(22)19-14-2-1-3-15-13(14)6-9-20(15)12-4-7-17-10-12;1-2/h1-3,6,9,11-12,17H,4-5,7-8,10H2,(H,18,21)(H,19,22);1-2H3. The summed E-state index contributed by atoms with van der Waals surface area (Å²) in [4.78, 5) is 22.1. The maximum Gasteiger partial charge on any atom is 0.226 e. The van der Waals surface area contributed by atoms with Crippen molar-refractivity contribution in [1.82, 2.24) is 15.2 Å². The maximum atomic E-state index is 11.9. The minimum atomic E-state index is -0.0999. The van der Waals surface area contributed by atoms with Crippen LogP contribution >= 0.6 is 0 Å². The molecule has 1 unspecified atom stereocenters. The van der Waals surface area contributed by atoms with Gasteiger partial charge < -0.3 is 20.5 Å². The Morgan fingerprint density at radius 3 is 2.92 bits per heavy atom. The summed E-state index contributed by atoms with van der Waals surface area (Å²) < 4.78 is 2.28. The second kappa shape index (κ2) is 9.08. The number of amides is 2. The first-order chi connectivity index (χ1) is 11.8. The van der Waals surface area contributed by atoms with Crippen molar-refractivity contribution in [3.63, 3.8) is 0 Å². The van der Waals surface area contributed by atoms with Gasteiger partial charge in [0.15, 0.2) is 0 Å². The molecule has 0 aliphatic carbocycles. The number of nitrogens with one attached hydrogen (secondary N) is 3. The summed E-state index contributed by atoms with van der Waals surface area (Å²) in [6, 6.07) is 8.47. The number of aromatic nitrogens is 1. The first kappa shape index (κ1) is 18.0. The zero-order chi connectivity index (χ0) is 17.4. The Bertz CT molecular complexity index is 675. The zero-order valence-electron chi connectivity index (χ0n) is 14.3. The van der Waals surface area contributed by atoms with E-state index >= 15 is 0 Å². The largest absolute Gasteiger partial charge is 0.358 e. The highest BCUT2D eigenvalue weighted by molar-refractivity contribution is 6.01. The van der Waals surface area contributed by atoms with Gasteiger partial charge >= 0.3 is 0 Å². The normalized spacial score (nSPS) is 16.3. The van der Waals surface area contributed by atoms with Crippen LogP contribution in [0.15, 0.2) is 30.5 Å². The van der Waals surface area contributed by atoms with E-state index in [1.807, 2.05) is 32.0 Å². The highest BCUT2D eigenvalue weighted by Gasteiger charge is 2.18. The highest BCUT2D eigenvalue weighted by Crippen LogP contribution is 2.28. The molecule has 1 aliphatic rings. The van der Waals surface area contributed by atoms with Gasteiger partial charge in [0.25, 0.3) is 0 Å². The lowest BCUT2D eigenvalue weighted by Crippen LogP contribution is -2.20. The summed E-state index contributed by atoms with van der Waals surface area (Å²) in [6.07, 6.45) is 4.08. The first-order valence-electron chi connectivity index (χ1n) is 8.57. The summed E-state index contributed by atoms with van der Waals surface area (Å²) in [5.41, 5.74) is 1.95. The third-order valence-electron chi connectivity index (χ3n) is 4.04. The van der Waals surface area contributed by atoms with Gasteiger partial charge in [-0.15, -0.1) is 0 Å². The molecule has 6 heteroatoms. The lowest BCUT2D eigenvalue weighted by molar-refractivity contribution is -0.116. The molecule has 1 atom stereocenters. The topological polar surface area (TPSA) is 75.2 Å². The zero-order valence-corrected chi connectivity index (χ0v) is 14.3. The van der Waals surface area contributed by atoms with Gasteiger partial charge in [-0.1, -0.05) is 19.9 Å². The second-order valence-corrected chi connectivity index (χ2v) is 5.48. The molecule has 1 fully saturated rings. The quantitative estimate of drug-likeness (QED) is 0.562. The molecule has 130 valence electrons. The van der Waals surface area contributed by atoms with Crippen LogP contribution in [-0.2, 0) is 9.59 Å². The van der Waals surface area contributed by atoms with E-state index in [1.165, 1.54) is 0 Å².